The third-order valence-corrected chi connectivity index (χ3v) is 11.3. The van der Waals surface area contributed by atoms with Gasteiger partial charge in [-0.25, -0.2) is 4.98 Å². The Balaban J connectivity index is 0.948. The second-order valence-corrected chi connectivity index (χ2v) is 14.9. The molecule has 1 aliphatic heterocycles. The Morgan fingerprint density at radius 3 is 1.59 bits per heavy atom. The Hall–Kier alpha value is -7.89. The predicted molar refractivity (Wildman–Crippen MR) is 243 cm³/mol. The van der Waals surface area contributed by atoms with Crippen molar-refractivity contribution in [3.05, 3.63) is 229 Å². The van der Waals surface area contributed by atoms with Gasteiger partial charge in [-0.1, -0.05) is 176 Å². The van der Waals surface area contributed by atoms with E-state index in [4.69, 9.17) is 15.0 Å². The number of benzene rings is 8. The molecule has 5 heteroatoms. The minimum atomic E-state index is -0.210. The van der Waals surface area contributed by atoms with Crippen molar-refractivity contribution in [2.75, 3.05) is 0 Å². The summed E-state index contributed by atoms with van der Waals surface area (Å²) < 4.78 is 2.30. The quantitative estimate of drug-likeness (QED) is 0.165. The first-order valence-corrected chi connectivity index (χ1v) is 20.0. The third kappa shape index (κ3) is 6.26. The summed E-state index contributed by atoms with van der Waals surface area (Å²) in [6.45, 7) is 0. The number of nitrogens with zero attached hydrogens (tertiary/aromatic N) is 4. The molecule has 1 N–H and O–H groups in total. The normalized spacial score (nSPS) is 13.9. The SMILES string of the molecule is C1=C(c2ccc(-c3ccc(-n4c(-c5ccccc5)nc5c6ccccc6c6ncccc6c54)cc3)cc2)NC(c2ccccc2)N=C1c1ccc(-c2ccccc2)cc1. The number of nitrogens with one attached hydrogen (secondary N) is 1. The van der Waals surface area contributed by atoms with Gasteiger partial charge in [-0.05, 0) is 69.3 Å². The highest BCUT2D eigenvalue weighted by Gasteiger charge is 2.22. The van der Waals surface area contributed by atoms with Crippen molar-refractivity contribution in [3.63, 3.8) is 0 Å². The minimum absolute atomic E-state index is 0.210. The minimum Gasteiger partial charge on any atom is -0.360 e. The van der Waals surface area contributed by atoms with Crippen LogP contribution in [0.3, 0.4) is 0 Å². The van der Waals surface area contributed by atoms with Gasteiger partial charge in [0.15, 0.2) is 0 Å². The lowest BCUT2D eigenvalue weighted by Gasteiger charge is -2.25. The number of hydrogen-bond acceptors (Lipinski definition) is 4. The van der Waals surface area contributed by atoms with E-state index < -0.39 is 0 Å². The molecule has 8 aromatic carbocycles. The molecule has 1 atom stereocenters. The van der Waals surface area contributed by atoms with E-state index in [-0.39, 0.29) is 6.17 Å². The van der Waals surface area contributed by atoms with Crippen molar-refractivity contribution in [2.45, 2.75) is 6.17 Å². The first kappa shape index (κ1) is 34.4. The number of aromatic nitrogens is 3. The molecule has 0 saturated carbocycles. The number of imidazole rings is 1. The number of allylic oxidation sites excluding steroid dienone is 1. The highest BCUT2D eigenvalue weighted by atomic mass is 15.1. The van der Waals surface area contributed by atoms with Crippen LogP contribution in [0.2, 0.25) is 0 Å². The van der Waals surface area contributed by atoms with Crippen LogP contribution in [0.1, 0.15) is 22.9 Å². The van der Waals surface area contributed by atoms with Crippen molar-refractivity contribution in [1.29, 1.82) is 0 Å². The second kappa shape index (κ2) is 14.6. The fourth-order valence-electron chi connectivity index (χ4n) is 8.36. The van der Waals surface area contributed by atoms with Gasteiger partial charge in [-0.2, -0.15) is 0 Å². The number of aliphatic imine (C=N–C) groups is 1. The van der Waals surface area contributed by atoms with Crippen molar-refractivity contribution < 1.29 is 0 Å². The zero-order valence-electron chi connectivity index (χ0n) is 32.1. The number of hydrogen-bond donors (Lipinski definition) is 1. The lowest BCUT2D eigenvalue weighted by molar-refractivity contribution is 0.664. The van der Waals surface area contributed by atoms with Gasteiger partial charge in [0.05, 0.1) is 22.3 Å². The second-order valence-electron chi connectivity index (χ2n) is 14.9. The molecule has 0 fully saturated rings. The van der Waals surface area contributed by atoms with Crippen molar-refractivity contribution in [1.82, 2.24) is 19.9 Å². The summed E-state index contributed by atoms with van der Waals surface area (Å²) in [5.41, 5.74) is 15.0. The lowest BCUT2D eigenvalue weighted by Crippen LogP contribution is -2.24. The Labute approximate surface area is 342 Å². The van der Waals surface area contributed by atoms with Gasteiger partial charge in [0.1, 0.15) is 12.0 Å². The van der Waals surface area contributed by atoms with E-state index in [0.29, 0.717) is 0 Å². The average molecular weight is 756 g/mol. The van der Waals surface area contributed by atoms with Gasteiger partial charge < -0.3 is 5.32 Å². The van der Waals surface area contributed by atoms with Crippen LogP contribution in [-0.4, -0.2) is 20.2 Å². The summed E-state index contributed by atoms with van der Waals surface area (Å²) in [7, 11) is 0. The van der Waals surface area contributed by atoms with Crippen LogP contribution < -0.4 is 5.32 Å². The first-order valence-electron chi connectivity index (χ1n) is 20.0. The predicted octanol–water partition coefficient (Wildman–Crippen LogP) is 12.9. The Morgan fingerprint density at radius 1 is 0.424 bits per heavy atom. The molecule has 2 aromatic heterocycles. The average Bonchev–Trinajstić information content (AvgIpc) is 3.74. The van der Waals surface area contributed by atoms with Crippen LogP contribution in [0.5, 0.6) is 0 Å². The van der Waals surface area contributed by atoms with E-state index in [2.05, 4.69) is 192 Å². The standard InChI is InChI=1S/C54H37N5/c1-4-13-36(14-5-1)37-22-26-40(27-23-37)48-35-49(57-53(56-48)42-15-6-2-7-16-42)41-28-24-38(25-29-41)39-30-32-44(33-31-39)59-52-47-21-12-34-55-50(47)45-19-10-11-20-46(45)51(52)58-54(59)43-17-8-3-9-18-43/h1-35,53,57H. The van der Waals surface area contributed by atoms with Gasteiger partial charge in [-0.15, -0.1) is 0 Å². The van der Waals surface area contributed by atoms with Crippen LogP contribution in [0.4, 0.5) is 0 Å². The smallest absolute Gasteiger partial charge is 0.145 e. The van der Waals surface area contributed by atoms with Crippen LogP contribution >= 0.6 is 0 Å². The molecule has 11 rings (SSSR count). The van der Waals surface area contributed by atoms with Crippen molar-refractivity contribution in [3.8, 4) is 39.3 Å². The highest BCUT2D eigenvalue weighted by Crippen LogP contribution is 2.39. The van der Waals surface area contributed by atoms with Crippen molar-refractivity contribution >= 4 is 44.1 Å². The van der Waals surface area contributed by atoms with E-state index >= 15 is 0 Å². The topological polar surface area (TPSA) is 55.1 Å². The maximum Gasteiger partial charge on any atom is 0.145 e. The molecule has 0 saturated heterocycles. The maximum absolute atomic E-state index is 5.35. The summed E-state index contributed by atoms with van der Waals surface area (Å²) in [5, 5.41) is 7.00. The Morgan fingerprint density at radius 2 is 0.932 bits per heavy atom. The summed E-state index contributed by atoms with van der Waals surface area (Å²) in [6, 6.07) is 70.3. The number of pyridine rings is 1. The first-order chi connectivity index (χ1) is 29.2. The van der Waals surface area contributed by atoms with E-state index in [1.807, 2.05) is 30.5 Å². The van der Waals surface area contributed by atoms with Crippen LogP contribution in [0, 0.1) is 0 Å². The summed E-state index contributed by atoms with van der Waals surface area (Å²) >= 11 is 0. The van der Waals surface area contributed by atoms with Crippen LogP contribution in [0.25, 0.3) is 77.7 Å². The summed E-state index contributed by atoms with van der Waals surface area (Å²) in [6.07, 6.45) is 3.83. The molecule has 0 spiro atoms. The number of fused-ring (bicyclic) bond motifs is 6. The monoisotopic (exact) mass is 755 g/mol. The van der Waals surface area contributed by atoms with E-state index in [0.717, 1.165) is 89.0 Å². The van der Waals surface area contributed by atoms with Gasteiger partial charge in [0.2, 0.25) is 0 Å². The largest absolute Gasteiger partial charge is 0.360 e. The van der Waals surface area contributed by atoms with Gasteiger partial charge in [0.25, 0.3) is 0 Å². The van der Waals surface area contributed by atoms with Gasteiger partial charge in [-0.3, -0.25) is 14.5 Å². The molecule has 278 valence electrons. The van der Waals surface area contributed by atoms with Crippen molar-refractivity contribution in [2.24, 2.45) is 4.99 Å². The lowest BCUT2D eigenvalue weighted by atomic mass is 9.98. The molecule has 5 nitrogen and oxygen atoms in total. The molecule has 0 aliphatic carbocycles. The molecule has 0 amide bonds. The highest BCUT2D eigenvalue weighted by molar-refractivity contribution is 6.23. The fraction of sp³-hybridized carbons (Fsp3) is 0.0185. The number of rotatable bonds is 7. The summed E-state index contributed by atoms with van der Waals surface area (Å²) in [4.78, 5) is 15.4. The Kier molecular flexibility index (Phi) is 8.48. The molecule has 10 aromatic rings. The molecule has 0 radical (unpaired) electrons. The molecule has 1 unspecified atom stereocenters. The van der Waals surface area contributed by atoms with E-state index in [1.54, 1.807) is 0 Å². The van der Waals surface area contributed by atoms with Crippen LogP contribution in [-0.2, 0) is 0 Å². The molecule has 1 aliphatic rings. The zero-order chi connectivity index (χ0) is 39.1. The van der Waals surface area contributed by atoms with Crippen LogP contribution in [0.15, 0.2) is 217 Å². The molecule has 0 bridgehead atoms. The van der Waals surface area contributed by atoms with Gasteiger partial charge in [0, 0.05) is 39.3 Å². The Bertz CT molecular complexity index is 3190. The molecule has 3 heterocycles. The molecular weight excluding hydrogens is 719 g/mol. The third-order valence-electron chi connectivity index (χ3n) is 11.3. The fourth-order valence-corrected chi connectivity index (χ4v) is 8.36. The molecule has 59 heavy (non-hydrogen) atoms. The van der Waals surface area contributed by atoms with E-state index in [1.165, 1.54) is 11.1 Å². The zero-order valence-corrected chi connectivity index (χ0v) is 32.1. The summed E-state index contributed by atoms with van der Waals surface area (Å²) in [5.74, 6) is 0.899. The van der Waals surface area contributed by atoms with Gasteiger partial charge >= 0.3 is 0 Å². The maximum atomic E-state index is 5.35. The van der Waals surface area contributed by atoms with E-state index in [9.17, 15) is 0 Å². The molecular formula is C54H37N5.